The van der Waals surface area contributed by atoms with Crippen molar-refractivity contribution in [3.05, 3.63) is 35.9 Å². The van der Waals surface area contributed by atoms with Crippen molar-refractivity contribution in [1.29, 1.82) is 0 Å². The summed E-state index contributed by atoms with van der Waals surface area (Å²) in [5.74, 6) is 0. The highest BCUT2D eigenvalue weighted by Crippen LogP contribution is 2.27. The molecular weight excluding hydrogens is 210 g/mol. The molecule has 0 saturated carbocycles. The zero-order valence-electron chi connectivity index (χ0n) is 8.55. The van der Waals surface area contributed by atoms with Gasteiger partial charge in [0, 0.05) is 24.9 Å². The van der Waals surface area contributed by atoms with E-state index in [4.69, 9.17) is 0 Å². The predicted molar refractivity (Wildman–Crippen MR) is 60.9 cm³/mol. The van der Waals surface area contributed by atoms with Gasteiger partial charge in [0.1, 0.15) is 5.25 Å². The molecule has 0 bridgehead atoms. The molecule has 1 aliphatic heterocycles. The Morgan fingerprint density at radius 2 is 1.87 bits per heavy atom. The highest BCUT2D eigenvalue weighted by molar-refractivity contribution is 7.91. The molecule has 15 heavy (non-hydrogen) atoms. The number of sulfone groups is 1. The van der Waals surface area contributed by atoms with Gasteiger partial charge in [-0.2, -0.15) is 0 Å². The first-order valence-electron chi connectivity index (χ1n) is 4.86. The molecule has 80 valence electrons. The van der Waals surface area contributed by atoms with Gasteiger partial charge in [0.25, 0.3) is 0 Å². The minimum atomic E-state index is -3.11. The third-order valence-electron chi connectivity index (χ3n) is 2.52. The first kappa shape index (κ1) is 10.4. The van der Waals surface area contributed by atoms with Gasteiger partial charge in [0.15, 0.2) is 9.84 Å². The van der Waals surface area contributed by atoms with E-state index < -0.39 is 15.1 Å². The summed E-state index contributed by atoms with van der Waals surface area (Å²) in [4.78, 5) is 4.15. The summed E-state index contributed by atoms with van der Waals surface area (Å²) in [6.45, 7) is 0.758. The molecule has 0 N–H and O–H groups in total. The first-order valence-corrected chi connectivity index (χ1v) is 6.81. The monoisotopic (exact) mass is 223 g/mol. The van der Waals surface area contributed by atoms with Gasteiger partial charge in [-0.15, -0.1) is 0 Å². The fourth-order valence-corrected chi connectivity index (χ4v) is 3.11. The zero-order chi connectivity index (χ0) is 10.9. The quantitative estimate of drug-likeness (QED) is 0.781. The van der Waals surface area contributed by atoms with E-state index in [1.807, 2.05) is 30.3 Å². The average molecular weight is 223 g/mol. The highest BCUT2D eigenvalue weighted by atomic mass is 32.2. The van der Waals surface area contributed by atoms with Crippen LogP contribution >= 0.6 is 0 Å². The summed E-state index contributed by atoms with van der Waals surface area (Å²) >= 11 is 0. The Labute approximate surface area is 89.8 Å². The van der Waals surface area contributed by atoms with E-state index in [2.05, 4.69) is 4.99 Å². The lowest BCUT2D eigenvalue weighted by atomic mass is 10.0. The predicted octanol–water partition coefficient (Wildman–Crippen LogP) is 1.62. The molecule has 4 heteroatoms. The summed E-state index contributed by atoms with van der Waals surface area (Å²) in [6.07, 6.45) is 2.07. The van der Waals surface area contributed by atoms with Gasteiger partial charge in [-0.05, 0) is 5.56 Å². The van der Waals surface area contributed by atoms with Crippen molar-refractivity contribution in [3.8, 4) is 0 Å². The largest absolute Gasteiger partial charge is 0.292 e. The van der Waals surface area contributed by atoms with Gasteiger partial charge in [0.05, 0.1) is 0 Å². The summed E-state index contributed by atoms with van der Waals surface area (Å²) in [5.41, 5.74) is 1.61. The van der Waals surface area contributed by atoms with Gasteiger partial charge < -0.3 is 0 Å². The van der Waals surface area contributed by atoms with Gasteiger partial charge in [0.2, 0.25) is 0 Å². The summed E-state index contributed by atoms with van der Waals surface area (Å²) < 4.78 is 23.4. The van der Waals surface area contributed by atoms with E-state index in [0.717, 1.165) is 24.2 Å². The second-order valence-electron chi connectivity index (χ2n) is 3.74. The van der Waals surface area contributed by atoms with E-state index in [-0.39, 0.29) is 0 Å². The smallest absolute Gasteiger partial charge is 0.159 e. The number of benzene rings is 1. The van der Waals surface area contributed by atoms with Gasteiger partial charge in [-0.25, -0.2) is 8.42 Å². The minimum absolute atomic E-state index is 0.535. The Balaban J connectivity index is 2.44. The van der Waals surface area contributed by atoms with Crippen molar-refractivity contribution in [2.75, 3.05) is 12.8 Å². The van der Waals surface area contributed by atoms with Gasteiger partial charge >= 0.3 is 0 Å². The second-order valence-corrected chi connectivity index (χ2v) is 5.87. The Morgan fingerprint density at radius 1 is 1.27 bits per heavy atom. The Bertz CT molecular complexity index is 477. The van der Waals surface area contributed by atoms with Crippen LogP contribution in [0.3, 0.4) is 0 Å². The van der Waals surface area contributed by atoms with Crippen LogP contribution in [0.25, 0.3) is 0 Å². The molecule has 0 spiro atoms. The first-order chi connectivity index (χ1) is 7.09. The number of hydrogen-bond acceptors (Lipinski definition) is 3. The number of aliphatic imine (C=N–C) groups is 1. The lowest BCUT2D eigenvalue weighted by molar-refractivity contribution is 0.597. The average Bonchev–Trinajstić information content (AvgIpc) is 2.10. The van der Waals surface area contributed by atoms with Gasteiger partial charge in [-0.3, -0.25) is 4.99 Å². The highest BCUT2D eigenvalue weighted by Gasteiger charge is 2.30. The molecule has 1 aliphatic rings. The minimum Gasteiger partial charge on any atom is -0.292 e. The Kier molecular flexibility index (Phi) is 2.61. The number of rotatable bonds is 3. The van der Waals surface area contributed by atoms with Crippen LogP contribution in [-0.2, 0) is 9.84 Å². The molecule has 2 rings (SSSR count). The third kappa shape index (κ3) is 2.09. The van der Waals surface area contributed by atoms with Gasteiger partial charge in [-0.1, -0.05) is 30.3 Å². The van der Waals surface area contributed by atoms with E-state index in [0.29, 0.717) is 0 Å². The molecule has 0 fully saturated rings. The van der Waals surface area contributed by atoms with Crippen molar-refractivity contribution in [3.63, 3.8) is 0 Å². The maximum Gasteiger partial charge on any atom is 0.159 e. The number of nitrogens with zero attached hydrogens (tertiary/aromatic N) is 1. The van der Waals surface area contributed by atoms with Crippen LogP contribution in [0.1, 0.15) is 17.2 Å². The Morgan fingerprint density at radius 3 is 2.27 bits per heavy atom. The van der Waals surface area contributed by atoms with Crippen molar-refractivity contribution in [1.82, 2.24) is 0 Å². The fourth-order valence-electron chi connectivity index (χ4n) is 1.77. The normalized spacial score (nSPS) is 17.8. The van der Waals surface area contributed by atoms with Crippen LogP contribution < -0.4 is 0 Å². The van der Waals surface area contributed by atoms with Crippen molar-refractivity contribution >= 4 is 15.5 Å². The summed E-state index contributed by atoms with van der Waals surface area (Å²) in [7, 11) is -3.11. The van der Waals surface area contributed by atoms with Crippen LogP contribution in [0.15, 0.2) is 35.3 Å². The molecule has 0 radical (unpaired) electrons. The summed E-state index contributed by atoms with van der Waals surface area (Å²) in [5, 5.41) is -0.535. The molecule has 0 aliphatic carbocycles. The topological polar surface area (TPSA) is 46.5 Å². The van der Waals surface area contributed by atoms with Crippen molar-refractivity contribution in [2.45, 2.75) is 11.7 Å². The van der Waals surface area contributed by atoms with E-state index in [1.54, 1.807) is 0 Å². The molecule has 1 heterocycles. The molecular formula is C11H13NO2S. The van der Waals surface area contributed by atoms with E-state index >= 15 is 0 Å². The molecule has 0 saturated heterocycles. The third-order valence-corrected chi connectivity index (χ3v) is 3.92. The SMILES string of the molecule is CS(=O)(=O)C(C1=NCC1)c1ccccc1. The van der Waals surface area contributed by atoms with Crippen LogP contribution in [0.2, 0.25) is 0 Å². The fraction of sp³-hybridized carbons (Fsp3) is 0.364. The maximum atomic E-state index is 11.7. The van der Waals surface area contributed by atoms with E-state index in [9.17, 15) is 8.42 Å². The molecule has 3 nitrogen and oxygen atoms in total. The number of hydrogen-bond donors (Lipinski definition) is 0. The molecule has 1 unspecified atom stereocenters. The lowest BCUT2D eigenvalue weighted by Gasteiger charge is -2.22. The molecule has 1 atom stereocenters. The molecule has 1 aromatic carbocycles. The van der Waals surface area contributed by atoms with E-state index in [1.165, 1.54) is 6.26 Å². The second kappa shape index (κ2) is 3.77. The van der Waals surface area contributed by atoms with Crippen molar-refractivity contribution < 1.29 is 8.42 Å². The van der Waals surface area contributed by atoms with Crippen LogP contribution in [0.4, 0.5) is 0 Å². The Hall–Kier alpha value is -1.16. The molecule has 0 aromatic heterocycles. The summed E-state index contributed by atoms with van der Waals surface area (Å²) in [6, 6.07) is 9.27. The van der Waals surface area contributed by atoms with Crippen LogP contribution in [0.5, 0.6) is 0 Å². The van der Waals surface area contributed by atoms with Crippen molar-refractivity contribution in [2.24, 2.45) is 4.99 Å². The van der Waals surface area contributed by atoms with Crippen LogP contribution in [0, 0.1) is 0 Å². The van der Waals surface area contributed by atoms with Crippen LogP contribution in [-0.4, -0.2) is 26.9 Å². The maximum absolute atomic E-state index is 11.7. The standard InChI is InChI=1S/C11H13NO2S/c1-15(13,14)11(10-7-8-12-10)9-5-3-2-4-6-9/h2-6,11H,7-8H2,1H3. The molecule has 1 aromatic rings. The lowest BCUT2D eigenvalue weighted by Crippen LogP contribution is -2.27. The molecule has 0 amide bonds. The zero-order valence-corrected chi connectivity index (χ0v) is 9.37.